The van der Waals surface area contributed by atoms with Crippen LogP contribution in [-0.2, 0) is 17.2 Å². The number of aromatic nitrogens is 1. The third-order valence-electron chi connectivity index (χ3n) is 5.37. The van der Waals surface area contributed by atoms with Gasteiger partial charge in [-0.3, -0.25) is 9.20 Å². The Morgan fingerprint density at radius 1 is 1.30 bits per heavy atom. The van der Waals surface area contributed by atoms with E-state index in [1.807, 2.05) is 19.1 Å². The Hall–Kier alpha value is -1.42. The molecule has 0 amide bonds. The highest BCUT2D eigenvalue weighted by Gasteiger charge is 2.26. The Bertz CT molecular complexity index is 838. The summed E-state index contributed by atoms with van der Waals surface area (Å²) < 4.78 is 17.8. The second-order valence-corrected chi connectivity index (χ2v) is 9.56. The van der Waals surface area contributed by atoms with Gasteiger partial charge >= 0.3 is 0 Å². The van der Waals surface area contributed by atoms with Crippen molar-refractivity contribution in [1.29, 1.82) is 0 Å². The van der Waals surface area contributed by atoms with Gasteiger partial charge in [0.2, 0.25) is 5.89 Å². The molecule has 8 heteroatoms. The van der Waals surface area contributed by atoms with Crippen LogP contribution in [-0.4, -0.2) is 45.8 Å². The maximum atomic E-state index is 12.1. The molecule has 0 saturated heterocycles. The standard InChI is InChI=1S/C22H32N4O2S.HI/c1-4-29(27)20-7-5-6-18(14-20)26-22(23-3)24-13-12-19-15-28-21(25-19)17-10-8-16(2)9-11-17;/h8-11,15,18,20H,4-7,12-14H2,1-3H3,(H2,23,24,26);1H. The molecular formula is C22H33IN4O2S. The molecule has 1 aromatic heterocycles. The highest BCUT2D eigenvalue weighted by Crippen LogP contribution is 2.23. The Morgan fingerprint density at radius 2 is 2.07 bits per heavy atom. The zero-order valence-corrected chi connectivity index (χ0v) is 21.2. The van der Waals surface area contributed by atoms with Crippen molar-refractivity contribution in [2.24, 2.45) is 4.99 Å². The van der Waals surface area contributed by atoms with Crippen molar-refractivity contribution < 1.29 is 8.63 Å². The summed E-state index contributed by atoms with van der Waals surface area (Å²) in [6.45, 7) is 4.78. The molecule has 1 aliphatic rings. The van der Waals surface area contributed by atoms with E-state index in [2.05, 4.69) is 39.7 Å². The number of nitrogens with one attached hydrogen (secondary N) is 2. The van der Waals surface area contributed by atoms with Crippen molar-refractivity contribution >= 4 is 40.7 Å². The van der Waals surface area contributed by atoms with Crippen LogP contribution in [0.2, 0.25) is 0 Å². The molecule has 1 fully saturated rings. The zero-order chi connectivity index (χ0) is 20.6. The molecule has 0 radical (unpaired) electrons. The molecule has 0 spiro atoms. The Morgan fingerprint density at radius 3 is 2.77 bits per heavy atom. The second-order valence-electron chi connectivity index (χ2n) is 7.56. The first-order valence-corrected chi connectivity index (χ1v) is 11.8. The van der Waals surface area contributed by atoms with Gasteiger partial charge in [0.05, 0.1) is 5.69 Å². The lowest BCUT2D eigenvalue weighted by Crippen LogP contribution is -2.47. The van der Waals surface area contributed by atoms with E-state index in [1.165, 1.54) is 5.56 Å². The van der Waals surface area contributed by atoms with E-state index in [0.717, 1.165) is 61.6 Å². The minimum atomic E-state index is -0.715. The predicted octanol–water partition coefficient (Wildman–Crippen LogP) is 4.06. The lowest BCUT2D eigenvalue weighted by atomic mass is 9.95. The minimum Gasteiger partial charge on any atom is -0.444 e. The van der Waals surface area contributed by atoms with Crippen molar-refractivity contribution in [3.63, 3.8) is 0 Å². The van der Waals surface area contributed by atoms with E-state index in [0.29, 0.717) is 17.2 Å². The average molecular weight is 545 g/mol. The Kier molecular flexibility index (Phi) is 10.3. The summed E-state index contributed by atoms with van der Waals surface area (Å²) in [5.74, 6) is 2.19. The number of hydrogen-bond donors (Lipinski definition) is 2. The number of hydrogen-bond acceptors (Lipinski definition) is 4. The van der Waals surface area contributed by atoms with Gasteiger partial charge in [-0.1, -0.05) is 31.0 Å². The SMILES string of the molecule is CCS(=O)C1CCCC(NC(=NC)NCCc2coc(-c3ccc(C)cc3)n2)C1.I. The molecule has 30 heavy (non-hydrogen) atoms. The normalized spacial score (nSPS) is 20.3. The van der Waals surface area contributed by atoms with Gasteiger partial charge in [-0.25, -0.2) is 4.98 Å². The van der Waals surface area contributed by atoms with Crippen LogP contribution in [0.3, 0.4) is 0 Å². The first-order valence-electron chi connectivity index (χ1n) is 10.4. The average Bonchev–Trinajstić information content (AvgIpc) is 3.22. The minimum absolute atomic E-state index is 0. The fraction of sp³-hybridized carbons (Fsp3) is 0.545. The third kappa shape index (κ3) is 7.08. The van der Waals surface area contributed by atoms with Crippen LogP contribution in [0, 0.1) is 6.92 Å². The van der Waals surface area contributed by atoms with E-state index in [4.69, 9.17) is 4.42 Å². The quantitative estimate of drug-likeness (QED) is 0.313. The summed E-state index contributed by atoms with van der Waals surface area (Å²) in [5.41, 5.74) is 3.12. The van der Waals surface area contributed by atoms with E-state index < -0.39 is 10.8 Å². The molecule has 1 aliphatic carbocycles. The highest BCUT2D eigenvalue weighted by atomic mass is 127. The number of oxazole rings is 1. The third-order valence-corrected chi connectivity index (χ3v) is 7.11. The molecule has 3 rings (SSSR count). The lowest BCUT2D eigenvalue weighted by molar-refractivity contribution is 0.413. The van der Waals surface area contributed by atoms with Crippen molar-refractivity contribution in [1.82, 2.24) is 15.6 Å². The van der Waals surface area contributed by atoms with Gasteiger partial charge < -0.3 is 15.1 Å². The summed E-state index contributed by atoms with van der Waals surface area (Å²) in [4.78, 5) is 8.93. The van der Waals surface area contributed by atoms with Crippen molar-refractivity contribution in [2.75, 3.05) is 19.3 Å². The van der Waals surface area contributed by atoms with E-state index in [9.17, 15) is 4.21 Å². The van der Waals surface area contributed by atoms with Gasteiger partial charge in [-0.05, 0) is 38.3 Å². The summed E-state index contributed by atoms with van der Waals surface area (Å²) in [7, 11) is 1.07. The number of aliphatic imine (C=N–C) groups is 1. The number of nitrogens with zero attached hydrogens (tertiary/aromatic N) is 2. The zero-order valence-electron chi connectivity index (χ0n) is 18.0. The molecule has 0 aliphatic heterocycles. The van der Waals surface area contributed by atoms with Crippen molar-refractivity contribution in [3.05, 3.63) is 41.8 Å². The molecule has 166 valence electrons. The van der Waals surface area contributed by atoms with Crippen LogP contribution in [0.5, 0.6) is 0 Å². The first kappa shape index (κ1) is 24.8. The van der Waals surface area contributed by atoms with Crippen LogP contribution in [0.15, 0.2) is 39.9 Å². The fourth-order valence-electron chi connectivity index (χ4n) is 3.70. The molecule has 2 aromatic rings. The first-order chi connectivity index (χ1) is 14.1. The second kappa shape index (κ2) is 12.4. The predicted molar refractivity (Wildman–Crippen MR) is 135 cm³/mol. The van der Waals surface area contributed by atoms with E-state index in [-0.39, 0.29) is 24.0 Å². The van der Waals surface area contributed by atoms with Gasteiger partial charge in [0.15, 0.2) is 5.96 Å². The van der Waals surface area contributed by atoms with Gasteiger partial charge in [-0.2, -0.15) is 0 Å². The summed E-state index contributed by atoms with van der Waals surface area (Å²) in [6, 6.07) is 8.50. The molecule has 1 aromatic carbocycles. The number of aryl methyl sites for hydroxylation is 1. The maximum Gasteiger partial charge on any atom is 0.226 e. The number of guanidine groups is 1. The number of benzene rings is 1. The van der Waals surface area contributed by atoms with Gasteiger partial charge in [0.25, 0.3) is 0 Å². The monoisotopic (exact) mass is 544 g/mol. The molecule has 3 unspecified atom stereocenters. The van der Waals surface area contributed by atoms with E-state index >= 15 is 0 Å². The highest BCUT2D eigenvalue weighted by molar-refractivity contribution is 14.0. The lowest BCUT2D eigenvalue weighted by Gasteiger charge is -2.30. The van der Waals surface area contributed by atoms with Crippen LogP contribution >= 0.6 is 24.0 Å². The molecular weight excluding hydrogens is 511 g/mol. The van der Waals surface area contributed by atoms with Crippen LogP contribution in [0.25, 0.3) is 11.5 Å². The number of halogens is 1. The van der Waals surface area contributed by atoms with Crippen molar-refractivity contribution in [2.45, 2.75) is 57.2 Å². The van der Waals surface area contributed by atoms with Crippen LogP contribution < -0.4 is 10.6 Å². The van der Waals surface area contributed by atoms with Gasteiger partial charge in [0, 0.05) is 53.4 Å². The smallest absolute Gasteiger partial charge is 0.226 e. The summed E-state index contributed by atoms with van der Waals surface area (Å²) in [6.07, 6.45) is 6.71. The molecule has 1 heterocycles. The fourth-order valence-corrected chi connectivity index (χ4v) is 5.05. The molecule has 0 bridgehead atoms. The molecule has 2 N–H and O–H groups in total. The Labute approximate surface area is 199 Å². The van der Waals surface area contributed by atoms with Gasteiger partial charge in [-0.15, -0.1) is 24.0 Å². The van der Waals surface area contributed by atoms with Crippen LogP contribution in [0.4, 0.5) is 0 Å². The maximum absolute atomic E-state index is 12.1. The van der Waals surface area contributed by atoms with Crippen molar-refractivity contribution in [3.8, 4) is 11.5 Å². The molecule has 3 atom stereocenters. The molecule has 6 nitrogen and oxygen atoms in total. The summed E-state index contributed by atoms with van der Waals surface area (Å²) >= 11 is 0. The topological polar surface area (TPSA) is 79.5 Å². The number of rotatable bonds is 7. The van der Waals surface area contributed by atoms with Gasteiger partial charge in [0.1, 0.15) is 6.26 Å². The Balaban J connectivity index is 0.00000320. The van der Waals surface area contributed by atoms with E-state index in [1.54, 1.807) is 13.3 Å². The van der Waals surface area contributed by atoms with Crippen LogP contribution in [0.1, 0.15) is 43.9 Å². The summed E-state index contributed by atoms with van der Waals surface area (Å²) in [5, 5.41) is 7.16. The molecule has 1 saturated carbocycles. The largest absolute Gasteiger partial charge is 0.444 e.